The Balaban J connectivity index is 2.50. The highest BCUT2D eigenvalue weighted by Gasteiger charge is 2.30. The minimum absolute atomic E-state index is 0.365. The lowest BCUT2D eigenvalue weighted by molar-refractivity contribution is -0.139. The van der Waals surface area contributed by atoms with Crippen molar-refractivity contribution in [1.29, 1.82) is 0 Å². The summed E-state index contributed by atoms with van der Waals surface area (Å²) in [6, 6.07) is 0. The van der Waals surface area contributed by atoms with E-state index in [0.29, 0.717) is 24.2 Å². The predicted octanol–water partition coefficient (Wildman–Crippen LogP) is 3.17. The van der Waals surface area contributed by atoms with Gasteiger partial charge in [-0.15, -0.1) is 0 Å². The fraction of sp³-hybridized carbons (Fsp3) is 0.917. The van der Waals surface area contributed by atoms with Crippen molar-refractivity contribution in [3.63, 3.8) is 0 Å². The SMILES string of the molecule is CC(C)[C@@H]1CC[C@H](C)[C@H](CC(=O)O)C1. The van der Waals surface area contributed by atoms with Gasteiger partial charge >= 0.3 is 5.97 Å². The third kappa shape index (κ3) is 3.00. The van der Waals surface area contributed by atoms with E-state index in [-0.39, 0.29) is 0 Å². The number of hydrogen-bond donors (Lipinski definition) is 1. The zero-order valence-electron chi connectivity index (χ0n) is 9.49. The standard InChI is InChI=1S/C12H22O2/c1-8(2)10-5-4-9(3)11(6-10)7-12(13)14/h8-11H,4-7H2,1-3H3,(H,13,14)/t9-,10+,11-/m0/s1. The Hall–Kier alpha value is -0.530. The number of aliphatic carboxylic acids is 1. The quantitative estimate of drug-likeness (QED) is 0.756. The van der Waals surface area contributed by atoms with E-state index in [1.54, 1.807) is 0 Å². The predicted molar refractivity (Wildman–Crippen MR) is 57.1 cm³/mol. The smallest absolute Gasteiger partial charge is 0.303 e. The molecule has 0 bridgehead atoms. The Kier molecular flexibility index (Phi) is 3.97. The van der Waals surface area contributed by atoms with Gasteiger partial charge in [0.05, 0.1) is 0 Å². The lowest BCUT2D eigenvalue weighted by Gasteiger charge is -2.35. The molecule has 14 heavy (non-hydrogen) atoms. The van der Waals surface area contributed by atoms with E-state index in [1.165, 1.54) is 12.8 Å². The number of carbonyl (C=O) groups is 1. The van der Waals surface area contributed by atoms with Gasteiger partial charge in [0.1, 0.15) is 0 Å². The first-order valence-corrected chi connectivity index (χ1v) is 5.72. The molecule has 1 N–H and O–H groups in total. The third-order valence-electron chi connectivity index (χ3n) is 3.78. The van der Waals surface area contributed by atoms with Crippen LogP contribution in [0.5, 0.6) is 0 Å². The van der Waals surface area contributed by atoms with E-state index in [4.69, 9.17) is 5.11 Å². The van der Waals surface area contributed by atoms with Crippen molar-refractivity contribution in [3.05, 3.63) is 0 Å². The Morgan fingerprint density at radius 3 is 2.57 bits per heavy atom. The molecule has 2 heteroatoms. The van der Waals surface area contributed by atoms with Crippen molar-refractivity contribution in [2.24, 2.45) is 23.7 Å². The number of carboxylic acids is 1. The fourth-order valence-electron chi connectivity index (χ4n) is 2.57. The van der Waals surface area contributed by atoms with E-state index in [1.807, 2.05) is 0 Å². The molecule has 1 rings (SSSR count). The summed E-state index contributed by atoms with van der Waals surface area (Å²) in [5.41, 5.74) is 0. The first-order valence-electron chi connectivity index (χ1n) is 5.72. The van der Waals surface area contributed by atoms with Crippen molar-refractivity contribution in [2.45, 2.75) is 46.5 Å². The molecule has 2 nitrogen and oxygen atoms in total. The van der Waals surface area contributed by atoms with Gasteiger partial charge in [0.15, 0.2) is 0 Å². The van der Waals surface area contributed by atoms with Crippen LogP contribution in [-0.4, -0.2) is 11.1 Å². The molecule has 3 atom stereocenters. The van der Waals surface area contributed by atoms with Crippen molar-refractivity contribution >= 4 is 5.97 Å². The summed E-state index contributed by atoms with van der Waals surface area (Å²) in [4.78, 5) is 10.7. The van der Waals surface area contributed by atoms with Crippen LogP contribution >= 0.6 is 0 Å². The number of carboxylic acid groups (broad SMARTS) is 1. The molecule has 0 aromatic carbocycles. The highest BCUT2D eigenvalue weighted by atomic mass is 16.4. The summed E-state index contributed by atoms with van der Waals surface area (Å²) in [5.74, 6) is 1.83. The second kappa shape index (κ2) is 4.81. The van der Waals surface area contributed by atoms with E-state index >= 15 is 0 Å². The van der Waals surface area contributed by atoms with Crippen LogP contribution in [0.4, 0.5) is 0 Å². The van der Waals surface area contributed by atoms with Gasteiger partial charge in [0.2, 0.25) is 0 Å². The zero-order valence-corrected chi connectivity index (χ0v) is 9.49. The van der Waals surface area contributed by atoms with Crippen molar-refractivity contribution < 1.29 is 9.90 Å². The second-order valence-corrected chi connectivity index (χ2v) is 5.15. The van der Waals surface area contributed by atoms with Gasteiger partial charge in [-0.25, -0.2) is 0 Å². The van der Waals surface area contributed by atoms with Crippen LogP contribution in [0.3, 0.4) is 0 Å². The summed E-state index contributed by atoms with van der Waals surface area (Å²) in [5, 5.41) is 8.81. The van der Waals surface area contributed by atoms with Crippen molar-refractivity contribution in [3.8, 4) is 0 Å². The second-order valence-electron chi connectivity index (χ2n) is 5.15. The van der Waals surface area contributed by atoms with Crippen LogP contribution in [-0.2, 0) is 4.79 Å². The monoisotopic (exact) mass is 198 g/mol. The molecule has 1 fully saturated rings. The van der Waals surface area contributed by atoms with Crippen molar-refractivity contribution in [2.75, 3.05) is 0 Å². The largest absolute Gasteiger partial charge is 0.481 e. The van der Waals surface area contributed by atoms with E-state index in [2.05, 4.69) is 20.8 Å². The zero-order chi connectivity index (χ0) is 10.7. The first kappa shape index (κ1) is 11.5. The minimum Gasteiger partial charge on any atom is -0.481 e. The van der Waals surface area contributed by atoms with Gasteiger partial charge in [-0.2, -0.15) is 0 Å². The van der Waals surface area contributed by atoms with Crippen LogP contribution in [0.2, 0.25) is 0 Å². The Morgan fingerprint density at radius 1 is 1.43 bits per heavy atom. The maximum absolute atomic E-state index is 10.7. The Labute approximate surface area is 86.7 Å². The number of hydrogen-bond acceptors (Lipinski definition) is 1. The molecule has 0 radical (unpaired) electrons. The maximum atomic E-state index is 10.7. The summed E-state index contributed by atoms with van der Waals surface area (Å²) < 4.78 is 0. The molecule has 0 amide bonds. The van der Waals surface area contributed by atoms with E-state index in [0.717, 1.165) is 12.3 Å². The molecule has 0 aromatic heterocycles. The Bertz CT molecular complexity index is 198. The molecule has 1 saturated carbocycles. The molecule has 0 aliphatic heterocycles. The minimum atomic E-state index is -0.633. The van der Waals surface area contributed by atoms with Gasteiger partial charge in [-0.1, -0.05) is 27.2 Å². The highest BCUT2D eigenvalue weighted by Crippen LogP contribution is 2.38. The summed E-state index contributed by atoms with van der Waals surface area (Å²) in [6.07, 6.45) is 3.98. The van der Waals surface area contributed by atoms with Crippen LogP contribution in [0.25, 0.3) is 0 Å². The van der Waals surface area contributed by atoms with Gasteiger partial charge in [0, 0.05) is 6.42 Å². The molecule has 82 valence electrons. The molecule has 1 aliphatic rings. The molecule has 1 aliphatic carbocycles. The first-order chi connectivity index (χ1) is 6.50. The molecule has 0 spiro atoms. The summed E-state index contributed by atoms with van der Waals surface area (Å²) in [6.45, 7) is 6.70. The highest BCUT2D eigenvalue weighted by molar-refractivity contribution is 5.67. The molecular weight excluding hydrogens is 176 g/mol. The van der Waals surface area contributed by atoms with E-state index < -0.39 is 5.97 Å². The van der Waals surface area contributed by atoms with Gasteiger partial charge in [-0.05, 0) is 36.5 Å². The summed E-state index contributed by atoms with van der Waals surface area (Å²) >= 11 is 0. The van der Waals surface area contributed by atoms with Gasteiger partial charge in [0.25, 0.3) is 0 Å². The topological polar surface area (TPSA) is 37.3 Å². The van der Waals surface area contributed by atoms with Crippen LogP contribution < -0.4 is 0 Å². The lowest BCUT2D eigenvalue weighted by Crippen LogP contribution is -2.27. The lowest BCUT2D eigenvalue weighted by atomic mass is 9.70. The molecule has 0 saturated heterocycles. The van der Waals surface area contributed by atoms with Crippen molar-refractivity contribution in [1.82, 2.24) is 0 Å². The molecule has 0 unspecified atom stereocenters. The Morgan fingerprint density at radius 2 is 2.07 bits per heavy atom. The molecular formula is C12H22O2. The fourth-order valence-corrected chi connectivity index (χ4v) is 2.57. The average Bonchev–Trinajstić information content (AvgIpc) is 2.07. The van der Waals surface area contributed by atoms with Gasteiger partial charge < -0.3 is 5.11 Å². The third-order valence-corrected chi connectivity index (χ3v) is 3.78. The van der Waals surface area contributed by atoms with Crippen LogP contribution in [0, 0.1) is 23.7 Å². The summed E-state index contributed by atoms with van der Waals surface area (Å²) in [7, 11) is 0. The van der Waals surface area contributed by atoms with E-state index in [9.17, 15) is 4.79 Å². The normalized spacial score (nSPS) is 33.3. The maximum Gasteiger partial charge on any atom is 0.303 e. The number of rotatable bonds is 3. The van der Waals surface area contributed by atoms with Crippen LogP contribution in [0.1, 0.15) is 46.5 Å². The molecule has 0 aromatic rings. The molecule has 0 heterocycles. The van der Waals surface area contributed by atoms with Crippen LogP contribution in [0.15, 0.2) is 0 Å². The average molecular weight is 198 g/mol. The van der Waals surface area contributed by atoms with Gasteiger partial charge in [-0.3, -0.25) is 4.79 Å².